The molecule has 0 aliphatic carbocycles. The topological polar surface area (TPSA) is 115 Å². The molecule has 8 N–H and O–H groups in total. The summed E-state index contributed by atoms with van der Waals surface area (Å²) in [4.78, 5) is 7.68. The number of hydrogen-bond donors (Lipinski definition) is 4. The molecule has 2 aliphatic rings. The summed E-state index contributed by atoms with van der Waals surface area (Å²) < 4.78 is 0. The largest absolute Gasteiger partial charge is 1.00 e. The highest BCUT2D eigenvalue weighted by Crippen LogP contribution is 2.32. The van der Waals surface area contributed by atoms with Crippen molar-refractivity contribution in [2.45, 2.75) is 156 Å². The maximum Gasteiger partial charge on any atom is 0.274 e. The zero-order chi connectivity index (χ0) is 29.9. The first-order valence-electron chi connectivity index (χ1n) is 18.4. The van der Waals surface area contributed by atoms with E-state index in [2.05, 4.69) is 72.6 Å². The maximum atomic E-state index is 3.84. The van der Waals surface area contributed by atoms with E-state index in [9.17, 15) is 0 Å². The van der Waals surface area contributed by atoms with Crippen molar-refractivity contribution < 1.29 is 45.8 Å². The normalized spacial score (nSPS) is 16.2. The standard InChI is InChI=1S/C38H66N4.2ClH.2H2O/c1-5-9-13-17-25-37(26-18-14-10-6-2)29-39-35(40-30-37)33-21-23-34(24-22-33)36-41-31-38(32-42-36,27-19-15-11-7-3)28-20-16-12-8-4;;;;/h21-24H,5-20,25-32H2,1-4H3,(H,39,40)(H,41,42);2*1H;2*1H2. The van der Waals surface area contributed by atoms with E-state index >= 15 is 0 Å². The Morgan fingerprint density at radius 2 is 0.761 bits per heavy atom. The molecule has 0 amide bonds. The van der Waals surface area contributed by atoms with Crippen molar-refractivity contribution in [3.63, 3.8) is 0 Å². The van der Waals surface area contributed by atoms with Gasteiger partial charge in [-0.2, -0.15) is 0 Å². The van der Waals surface area contributed by atoms with Crippen molar-refractivity contribution in [2.75, 3.05) is 26.2 Å². The fourth-order valence-corrected chi connectivity index (χ4v) is 7.23. The molecule has 270 valence electrons. The van der Waals surface area contributed by atoms with Crippen LogP contribution in [0.4, 0.5) is 0 Å². The number of hydrogen-bond acceptors (Lipinski definition) is 2. The van der Waals surface area contributed by atoms with Gasteiger partial charge in [0, 0.05) is 10.8 Å². The number of benzene rings is 1. The van der Waals surface area contributed by atoms with Gasteiger partial charge in [0.25, 0.3) is 11.7 Å². The lowest BCUT2D eigenvalue weighted by atomic mass is 9.76. The fourth-order valence-electron chi connectivity index (χ4n) is 7.23. The molecule has 0 fully saturated rings. The first kappa shape index (κ1) is 46.8. The molecule has 46 heavy (non-hydrogen) atoms. The first-order chi connectivity index (χ1) is 20.6. The highest BCUT2D eigenvalue weighted by atomic mass is 35.5. The smallest absolute Gasteiger partial charge is 0.274 e. The highest BCUT2D eigenvalue weighted by Gasteiger charge is 2.38. The summed E-state index contributed by atoms with van der Waals surface area (Å²) in [7, 11) is 0. The minimum absolute atomic E-state index is 0. The van der Waals surface area contributed by atoms with E-state index < -0.39 is 0 Å². The molecule has 1 aromatic rings. The van der Waals surface area contributed by atoms with E-state index in [4.69, 9.17) is 0 Å². The molecule has 6 nitrogen and oxygen atoms in total. The van der Waals surface area contributed by atoms with E-state index in [-0.39, 0.29) is 35.8 Å². The van der Waals surface area contributed by atoms with Gasteiger partial charge in [-0.05, 0) is 49.9 Å². The second-order valence-electron chi connectivity index (χ2n) is 14.0. The summed E-state index contributed by atoms with van der Waals surface area (Å²) >= 11 is 0. The van der Waals surface area contributed by atoms with E-state index in [0.29, 0.717) is 10.8 Å². The van der Waals surface area contributed by atoms with Crippen molar-refractivity contribution in [1.29, 1.82) is 0 Å². The second kappa shape index (κ2) is 26.6. The lowest BCUT2D eigenvalue weighted by molar-refractivity contribution is -0.485. The van der Waals surface area contributed by atoms with E-state index in [1.165, 1.54) is 151 Å². The molecule has 0 radical (unpaired) electrons. The van der Waals surface area contributed by atoms with Crippen molar-refractivity contribution in [1.82, 2.24) is 10.6 Å². The molecule has 0 aromatic heterocycles. The lowest BCUT2D eigenvalue weighted by Gasteiger charge is -2.33. The van der Waals surface area contributed by atoms with Crippen LogP contribution in [0.15, 0.2) is 24.3 Å². The third-order valence-electron chi connectivity index (χ3n) is 10.3. The average Bonchev–Trinajstić information content (AvgIpc) is 3.03. The Labute approximate surface area is 295 Å². The molecule has 0 spiro atoms. The Bertz CT molecular complexity index is 840. The van der Waals surface area contributed by atoms with Gasteiger partial charge < -0.3 is 35.8 Å². The van der Waals surface area contributed by atoms with Gasteiger partial charge >= 0.3 is 0 Å². The Hall–Kier alpha value is -1.34. The number of rotatable bonds is 22. The molecular formula is C38H72Cl2N4O2. The number of halogens is 2. The maximum absolute atomic E-state index is 3.84. The summed E-state index contributed by atoms with van der Waals surface area (Å²) in [6.45, 7) is 13.7. The molecular weight excluding hydrogens is 615 g/mol. The molecule has 8 heteroatoms. The van der Waals surface area contributed by atoms with Crippen LogP contribution in [0.2, 0.25) is 0 Å². The Morgan fingerprint density at radius 3 is 0.978 bits per heavy atom. The number of unbranched alkanes of at least 4 members (excludes halogenated alkanes) is 12. The SMILES string of the molecule is CCCCCCC1(CCCCCC)CNC(c2ccc(C3=[NH+]CC(CCCCCC)(CCCCCC)CN3)cc2)=[NH+]C1.O.O.[Cl-].[Cl-]. The van der Waals surface area contributed by atoms with Gasteiger partial charge in [0.1, 0.15) is 0 Å². The van der Waals surface area contributed by atoms with Crippen LogP contribution >= 0.6 is 0 Å². The molecule has 3 rings (SSSR count). The van der Waals surface area contributed by atoms with Crippen LogP contribution in [0.25, 0.3) is 0 Å². The average molecular weight is 688 g/mol. The van der Waals surface area contributed by atoms with Gasteiger partial charge in [0.2, 0.25) is 0 Å². The summed E-state index contributed by atoms with van der Waals surface area (Å²) in [5.41, 5.74) is 3.36. The zero-order valence-electron chi connectivity index (χ0n) is 30.0. The van der Waals surface area contributed by atoms with Gasteiger partial charge in [-0.1, -0.05) is 130 Å². The van der Waals surface area contributed by atoms with Crippen molar-refractivity contribution in [3.05, 3.63) is 35.4 Å². The summed E-state index contributed by atoms with van der Waals surface area (Å²) in [6, 6.07) is 9.20. The molecule has 0 bridgehead atoms. The monoisotopic (exact) mass is 687 g/mol. The van der Waals surface area contributed by atoms with Crippen LogP contribution in [0.1, 0.15) is 167 Å². The Kier molecular flexibility index (Phi) is 27.0. The van der Waals surface area contributed by atoms with Crippen molar-refractivity contribution in [2.24, 2.45) is 10.8 Å². The summed E-state index contributed by atoms with van der Waals surface area (Å²) in [5.74, 6) is 2.43. The third-order valence-corrected chi connectivity index (χ3v) is 10.3. The molecule has 2 aliphatic heterocycles. The Morgan fingerprint density at radius 1 is 0.478 bits per heavy atom. The lowest BCUT2D eigenvalue weighted by Crippen LogP contribution is -3.00. The molecule has 0 saturated carbocycles. The van der Waals surface area contributed by atoms with Crippen LogP contribution in [0, 0.1) is 10.8 Å². The molecule has 0 saturated heterocycles. The van der Waals surface area contributed by atoms with Crippen molar-refractivity contribution in [3.8, 4) is 0 Å². The predicted molar refractivity (Wildman–Crippen MR) is 189 cm³/mol. The number of nitrogens with one attached hydrogen (secondary N) is 4. The zero-order valence-corrected chi connectivity index (χ0v) is 31.5. The minimum atomic E-state index is 0. The Balaban J connectivity index is 0. The minimum Gasteiger partial charge on any atom is -1.00 e. The third kappa shape index (κ3) is 15.7. The number of amidine groups is 2. The predicted octanol–water partition coefficient (Wildman–Crippen LogP) is -1.24. The summed E-state index contributed by atoms with van der Waals surface area (Å²) in [5, 5.41) is 7.68. The molecule has 2 heterocycles. The van der Waals surface area contributed by atoms with Crippen LogP contribution < -0.4 is 45.4 Å². The van der Waals surface area contributed by atoms with Gasteiger partial charge in [-0.15, -0.1) is 0 Å². The highest BCUT2D eigenvalue weighted by molar-refractivity contribution is 5.98. The van der Waals surface area contributed by atoms with Gasteiger partial charge in [0.05, 0.1) is 37.3 Å². The fraction of sp³-hybridized carbons (Fsp3) is 0.789. The summed E-state index contributed by atoms with van der Waals surface area (Å²) in [6.07, 6.45) is 27.1. The second-order valence-corrected chi connectivity index (χ2v) is 14.0. The van der Waals surface area contributed by atoms with E-state index in [1.54, 1.807) is 0 Å². The molecule has 1 aromatic carbocycles. The van der Waals surface area contributed by atoms with Gasteiger partial charge in [-0.3, -0.25) is 20.6 Å². The first-order valence-corrected chi connectivity index (χ1v) is 18.4. The van der Waals surface area contributed by atoms with Gasteiger partial charge in [0.15, 0.2) is 0 Å². The van der Waals surface area contributed by atoms with Crippen molar-refractivity contribution >= 4 is 11.7 Å². The van der Waals surface area contributed by atoms with Crippen LogP contribution in [-0.4, -0.2) is 48.8 Å². The van der Waals surface area contributed by atoms with Crippen LogP contribution in [0.5, 0.6) is 0 Å². The van der Waals surface area contributed by atoms with Crippen LogP contribution in [0.3, 0.4) is 0 Å². The quantitative estimate of drug-likeness (QED) is 0.114. The van der Waals surface area contributed by atoms with E-state index in [0.717, 1.165) is 26.2 Å². The van der Waals surface area contributed by atoms with Gasteiger partial charge in [-0.25, -0.2) is 0 Å². The van der Waals surface area contributed by atoms with Crippen LogP contribution in [-0.2, 0) is 0 Å². The molecule has 0 unspecified atom stereocenters. The molecule has 0 atom stereocenters. The van der Waals surface area contributed by atoms with E-state index in [1.807, 2.05) is 0 Å².